The van der Waals surface area contributed by atoms with Crippen molar-refractivity contribution in [1.82, 2.24) is 4.90 Å². The van der Waals surface area contributed by atoms with Crippen LogP contribution in [0.1, 0.15) is 25.3 Å². The van der Waals surface area contributed by atoms with Gasteiger partial charge in [0.25, 0.3) is 0 Å². The zero-order valence-electron chi connectivity index (χ0n) is 13.2. The van der Waals surface area contributed by atoms with Gasteiger partial charge >= 0.3 is 0 Å². The van der Waals surface area contributed by atoms with Gasteiger partial charge in [-0.3, -0.25) is 0 Å². The summed E-state index contributed by atoms with van der Waals surface area (Å²) in [5.41, 5.74) is 6.82. The third kappa shape index (κ3) is 5.02. The number of rotatable bonds is 9. The summed E-state index contributed by atoms with van der Waals surface area (Å²) in [6.07, 6.45) is 3.24. The number of hydrogen-bond acceptors (Lipinski definition) is 4. The van der Waals surface area contributed by atoms with Gasteiger partial charge in [0.05, 0.1) is 14.2 Å². The lowest BCUT2D eigenvalue weighted by Crippen LogP contribution is -2.31. The molecule has 0 heterocycles. The predicted molar refractivity (Wildman–Crippen MR) is 83.6 cm³/mol. The van der Waals surface area contributed by atoms with Crippen molar-refractivity contribution in [2.45, 2.75) is 32.2 Å². The van der Waals surface area contributed by atoms with Gasteiger partial charge in [-0.05, 0) is 57.5 Å². The topological polar surface area (TPSA) is 47.7 Å². The second kappa shape index (κ2) is 8.82. The fourth-order valence-corrected chi connectivity index (χ4v) is 2.20. The van der Waals surface area contributed by atoms with Crippen molar-refractivity contribution >= 4 is 0 Å². The van der Waals surface area contributed by atoms with Gasteiger partial charge in [-0.15, -0.1) is 0 Å². The molecule has 20 heavy (non-hydrogen) atoms. The number of methoxy groups -OCH3 is 2. The van der Waals surface area contributed by atoms with Crippen LogP contribution < -0.4 is 15.2 Å². The summed E-state index contributed by atoms with van der Waals surface area (Å²) in [6.45, 7) is 4.05. The molecule has 0 aliphatic rings. The van der Waals surface area contributed by atoms with Crippen molar-refractivity contribution in [3.05, 3.63) is 23.8 Å². The smallest absolute Gasteiger partial charge is 0.160 e. The van der Waals surface area contributed by atoms with Gasteiger partial charge in [0.15, 0.2) is 11.5 Å². The molecule has 2 N–H and O–H groups in total. The van der Waals surface area contributed by atoms with Crippen molar-refractivity contribution in [3.63, 3.8) is 0 Å². The normalized spacial score (nSPS) is 12.5. The summed E-state index contributed by atoms with van der Waals surface area (Å²) >= 11 is 0. The van der Waals surface area contributed by atoms with E-state index in [-0.39, 0.29) is 0 Å². The lowest BCUT2D eigenvalue weighted by Gasteiger charge is -2.24. The third-order valence-corrected chi connectivity index (χ3v) is 3.78. The monoisotopic (exact) mass is 280 g/mol. The van der Waals surface area contributed by atoms with E-state index < -0.39 is 0 Å². The maximum Gasteiger partial charge on any atom is 0.160 e. The number of nitrogens with two attached hydrogens (primary N) is 1. The Hall–Kier alpha value is -1.26. The molecule has 1 unspecified atom stereocenters. The maximum absolute atomic E-state index is 5.56. The van der Waals surface area contributed by atoms with Gasteiger partial charge in [-0.25, -0.2) is 0 Å². The molecule has 0 aromatic heterocycles. The number of ether oxygens (including phenoxy) is 2. The van der Waals surface area contributed by atoms with E-state index in [4.69, 9.17) is 15.2 Å². The Morgan fingerprint density at radius 2 is 1.90 bits per heavy atom. The van der Waals surface area contributed by atoms with E-state index in [2.05, 4.69) is 31.0 Å². The second-order valence-corrected chi connectivity index (χ2v) is 5.20. The standard InChI is InChI=1S/C16H28N2O2/c1-13(6-5-10-17)18(2)11-9-14-7-8-15(19-3)16(12-14)20-4/h7-8,12-13H,5-6,9-11,17H2,1-4H3. The van der Waals surface area contributed by atoms with Crippen LogP contribution in [0.3, 0.4) is 0 Å². The highest BCUT2D eigenvalue weighted by molar-refractivity contribution is 5.42. The molecule has 0 aliphatic heterocycles. The molecule has 0 fully saturated rings. The number of benzene rings is 1. The minimum absolute atomic E-state index is 0.568. The first-order valence-electron chi connectivity index (χ1n) is 7.23. The van der Waals surface area contributed by atoms with Crippen LogP contribution >= 0.6 is 0 Å². The van der Waals surface area contributed by atoms with Crippen molar-refractivity contribution in [3.8, 4) is 11.5 Å². The number of hydrogen-bond donors (Lipinski definition) is 1. The Kier molecular flexibility index (Phi) is 7.41. The van der Waals surface area contributed by atoms with Gasteiger partial charge in [0.1, 0.15) is 0 Å². The van der Waals surface area contributed by atoms with Crippen LogP contribution in [0, 0.1) is 0 Å². The van der Waals surface area contributed by atoms with Gasteiger partial charge in [-0.2, -0.15) is 0 Å². The van der Waals surface area contributed by atoms with E-state index in [9.17, 15) is 0 Å². The van der Waals surface area contributed by atoms with Gasteiger partial charge < -0.3 is 20.1 Å². The molecular weight excluding hydrogens is 252 g/mol. The first-order chi connectivity index (χ1) is 9.62. The summed E-state index contributed by atoms with van der Waals surface area (Å²) in [5.74, 6) is 1.57. The average molecular weight is 280 g/mol. The molecule has 0 bridgehead atoms. The quantitative estimate of drug-likeness (QED) is 0.754. The summed E-state index contributed by atoms with van der Waals surface area (Å²) in [6, 6.07) is 6.68. The van der Waals surface area contributed by atoms with Gasteiger partial charge in [0, 0.05) is 12.6 Å². The highest BCUT2D eigenvalue weighted by Crippen LogP contribution is 2.27. The summed E-state index contributed by atoms with van der Waals surface area (Å²) in [5, 5.41) is 0. The first kappa shape index (κ1) is 16.8. The third-order valence-electron chi connectivity index (χ3n) is 3.78. The largest absolute Gasteiger partial charge is 0.493 e. The molecule has 0 amide bonds. The predicted octanol–water partition coefficient (Wildman–Crippen LogP) is 2.31. The molecule has 0 radical (unpaired) electrons. The molecule has 1 atom stereocenters. The van der Waals surface area contributed by atoms with Crippen LogP contribution in [0.5, 0.6) is 11.5 Å². The van der Waals surface area contributed by atoms with Gasteiger partial charge in [-0.1, -0.05) is 6.07 Å². The van der Waals surface area contributed by atoms with Crippen LogP contribution in [0.4, 0.5) is 0 Å². The lowest BCUT2D eigenvalue weighted by atomic mass is 10.1. The van der Waals surface area contributed by atoms with Crippen LogP contribution in [-0.2, 0) is 6.42 Å². The molecule has 0 saturated carbocycles. The van der Waals surface area contributed by atoms with Crippen molar-refractivity contribution in [1.29, 1.82) is 0 Å². The zero-order valence-corrected chi connectivity index (χ0v) is 13.2. The van der Waals surface area contributed by atoms with E-state index in [1.807, 2.05) is 6.07 Å². The van der Waals surface area contributed by atoms with Crippen LogP contribution in [-0.4, -0.2) is 45.3 Å². The lowest BCUT2D eigenvalue weighted by molar-refractivity contribution is 0.246. The van der Waals surface area contributed by atoms with E-state index in [0.717, 1.165) is 43.9 Å². The molecule has 0 aliphatic carbocycles. The Labute approximate surface area is 122 Å². The molecule has 1 rings (SSSR count). The van der Waals surface area contributed by atoms with Gasteiger partial charge in [0.2, 0.25) is 0 Å². The zero-order chi connectivity index (χ0) is 15.0. The van der Waals surface area contributed by atoms with Crippen molar-refractivity contribution < 1.29 is 9.47 Å². The molecule has 1 aromatic rings. The first-order valence-corrected chi connectivity index (χ1v) is 7.23. The van der Waals surface area contributed by atoms with Crippen molar-refractivity contribution in [2.24, 2.45) is 5.73 Å². The highest BCUT2D eigenvalue weighted by Gasteiger charge is 2.10. The van der Waals surface area contributed by atoms with Crippen LogP contribution in [0.15, 0.2) is 18.2 Å². The SMILES string of the molecule is COc1ccc(CCN(C)C(C)CCCN)cc1OC. The average Bonchev–Trinajstić information content (AvgIpc) is 2.49. The molecule has 4 nitrogen and oxygen atoms in total. The minimum Gasteiger partial charge on any atom is -0.493 e. The Morgan fingerprint density at radius 3 is 2.50 bits per heavy atom. The van der Waals surface area contributed by atoms with E-state index >= 15 is 0 Å². The summed E-state index contributed by atoms with van der Waals surface area (Å²) < 4.78 is 10.6. The fourth-order valence-electron chi connectivity index (χ4n) is 2.20. The number of nitrogens with zero attached hydrogens (tertiary/aromatic N) is 1. The number of likely N-dealkylation sites (N-methyl/N-ethyl adjacent to an activating group) is 1. The molecule has 0 saturated heterocycles. The second-order valence-electron chi connectivity index (χ2n) is 5.20. The Bertz CT molecular complexity index is 396. The fraction of sp³-hybridized carbons (Fsp3) is 0.625. The molecule has 114 valence electrons. The maximum atomic E-state index is 5.56. The Morgan fingerprint density at radius 1 is 1.20 bits per heavy atom. The molecule has 0 spiro atoms. The molecule has 4 heteroatoms. The van der Waals surface area contributed by atoms with E-state index in [0.29, 0.717) is 6.04 Å². The van der Waals surface area contributed by atoms with Crippen molar-refractivity contribution in [2.75, 3.05) is 34.4 Å². The van der Waals surface area contributed by atoms with Crippen LogP contribution in [0.25, 0.3) is 0 Å². The summed E-state index contributed by atoms with van der Waals surface area (Å²) in [7, 11) is 5.50. The minimum atomic E-state index is 0.568. The van der Waals surface area contributed by atoms with E-state index in [1.165, 1.54) is 5.56 Å². The van der Waals surface area contributed by atoms with E-state index in [1.54, 1.807) is 14.2 Å². The highest BCUT2D eigenvalue weighted by atomic mass is 16.5. The Balaban J connectivity index is 2.52. The molecule has 1 aromatic carbocycles. The molecular formula is C16H28N2O2. The summed E-state index contributed by atoms with van der Waals surface area (Å²) in [4.78, 5) is 2.38. The van der Waals surface area contributed by atoms with Crippen LogP contribution in [0.2, 0.25) is 0 Å².